The number of hydrogen-bond donors (Lipinski definition) is 1. The molecule has 1 N–H and O–H groups in total. The van der Waals surface area contributed by atoms with Crippen LogP contribution in [0, 0.1) is 11.5 Å². The fraction of sp³-hybridized carbons (Fsp3) is 0.833. The largest absolute Gasteiger partial charge is 0.537 e. The Morgan fingerprint density at radius 3 is 2.75 bits per heavy atom. The highest BCUT2D eigenvalue weighted by Crippen LogP contribution is 2.42. The molecule has 0 aromatic carbocycles. The van der Waals surface area contributed by atoms with Crippen molar-refractivity contribution in [2.75, 3.05) is 6.61 Å². The number of hydrogen-bond acceptors (Lipinski definition) is 4. The first kappa shape index (κ1) is 11.4. The molecule has 0 saturated carbocycles. The highest BCUT2D eigenvalue weighted by Gasteiger charge is 2.21. The zero-order chi connectivity index (χ0) is 9.45. The van der Waals surface area contributed by atoms with E-state index in [0.717, 1.165) is 19.1 Å². The van der Waals surface area contributed by atoms with Crippen LogP contribution in [0.3, 0.4) is 0 Å². The molecule has 0 fully saturated rings. The molecular weight excluding hydrogens is 181 g/mol. The molecule has 0 radical (unpaired) electrons. The summed E-state index contributed by atoms with van der Waals surface area (Å²) in [5, 5.41) is 7.92. The Labute approximate surface area is 71.5 Å². The summed E-state index contributed by atoms with van der Waals surface area (Å²) in [7, 11) is -4.09. The van der Waals surface area contributed by atoms with Gasteiger partial charge in [-0.3, -0.25) is 9.42 Å². The molecule has 0 aliphatic carbocycles. The van der Waals surface area contributed by atoms with Gasteiger partial charge < -0.3 is 4.52 Å². The molecule has 5 nitrogen and oxygen atoms in total. The van der Waals surface area contributed by atoms with E-state index in [9.17, 15) is 4.57 Å². The average Bonchev–Trinajstić information content (AvgIpc) is 1.98. The van der Waals surface area contributed by atoms with Crippen molar-refractivity contribution in [2.24, 2.45) is 0 Å². The number of rotatable bonds is 6. The molecule has 6 heteroatoms. The van der Waals surface area contributed by atoms with Crippen LogP contribution in [0.1, 0.15) is 26.2 Å². The molecule has 0 aromatic rings. The van der Waals surface area contributed by atoms with Gasteiger partial charge in [0.15, 0.2) is 0 Å². The van der Waals surface area contributed by atoms with E-state index < -0.39 is 7.82 Å². The molecule has 0 spiro atoms. The van der Waals surface area contributed by atoms with Crippen molar-refractivity contribution >= 4 is 7.82 Å². The van der Waals surface area contributed by atoms with Crippen molar-refractivity contribution < 1.29 is 18.5 Å². The minimum Gasteiger partial charge on any atom is -0.328 e. The zero-order valence-corrected chi connectivity index (χ0v) is 7.79. The lowest BCUT2D eigenvalue weighted by atomic mass is 10.3. The lowest BCUT2D eigenvalue weighted by Gasteiger charge is -2.06. The summed E-state index contributed by atoms with van der Waals surface area (Å²) in [5.41, 5.74) is 0. The maximum atomic E-state index is 10.7. The molecule has 12 heavy (non-hydrogen) atoms. The summed E-state index contributed by atoms with van der Waals surface area (Å²) < 4.78 is 18.9. The van der Waals surface area contributed by atoms with E-state index in [1.54, 1.807) is 0 Å². The van der Waals surface area contributed by atoms with Gasteiger partial charge in [-0.1, -0.05) is 19.8 Å². The van der Waals surface area contributed by atoms with Crippen LogP contribution in [0.2, 0.25) is 0 Å². The quantitative estimate of drug-likeness (QED) is 0.395. The second kappa shape index (κ2) is 6.01. The topological polar surface area (TPSA) is 79.6 Å². The van der Waals surface area contributed by atoms with E-state index in [0.29, 0.717) is 6.42 Å². The van der Waals surface area contributed by atoms with Crippen molar-refractivity contribution in [3.63, 3.8) is 0 Å². The van der Waals surface area contributed by atoms with Crippen molar-refractivity contribution in [3.8, 4) is 6.26 Å². The Hall–Kier alpha value is -0.560. The summed E-state index contributed by atoms with van der Waals surface area (Å²) >= 11 is 0. The van der Waals surface area contributed by atoms with Gasteiger partial charge in [0.2, 0.25) is 0 Å². The van der Waals surface area contributed by atoms with Gasteiger partial charge in [0.1, 0.15) is 0 Å². The Morgan fingerprint density at radius 2 is 2.25 bits per heavy atom. The van der Waals surface area contributed by atoms with Crippen LogP contribution < -0.4 is 0 Å². The standard InChI is InChI=1S/C6H12NO4P/c1-2-3-4-5-10-12(8,9)11-6-7/h2-5H2,1H3,(H,8,9). The van der Waals surface area contributed by atoms with Gasteiger partial charge in [0.25, 0.3) is 6.26 Å². The Kier molecular flexibility index (Phi) is 5.73. The first-order valence-electron chi connectivity index (χ1n) is 3.67. The monoisotopic (exact) mass is 193 g/mol. The fourth-order valence-electron chi connectivity index (χ4n) is 0.610. The molecule has 0 amide bonds. The summed E-state index contributed by atoms with van der Waals surface area (Å²) in [5.74, 6) is 0. The Bertz CT molecular complexity index is 200. The van der Waals surface area contributed by atoms with Crippen LogP contribution in [0.5, 0.6) is 0 Å². The third-order valence-electron chi connectivity index (χ3n) is 1.16. The predicted octanol–water partition coefficient (Wildman–Crippen LogP) is 1.79. The molecule has 0 rings (SSSR count). The first-order valence-corrected chi connectivity index (χ1v) is 5.17. The van der Waals surface area contributed by atoms with Crippen LogP contribution in [0.4, 0.5) is 0 Å². The number of unbranched alkanes of at least 4 members (excludes halogenated alkanes) is 2. The van der Waals surface area contributed by atoms with Crippen LogP contribution >= 0.6 is 7.82 Å². The third-order valence-corrected chi connectivity index (χ3v) is 1.98. The maximum Gasteiger partial charge on any atom is 0.537 e. The van der Waals surface area contributed by atoms with E-state index in [-0.39, 0.29) is 6.61 Å². The lowest BCUT2D eigenvalue weighted by molar-refractivity contribution is 0.189. The second-order valence-corrected chi connectivity index (χ2v) is 3.57. The first-order chi connectivity index (χ1) is 5.62. The van der Waals surface area contributed by atoms with Crippen LogP contribution in [0.25, 0.3) is 0 Å². The molecule has 0 saturated heterocycles. The van der Waals surface area contributed by atoms with Gasteiger partial charge in [-0.15, -0.1) is 5.26 Å². The van der Waals surface area contributed by atoms with Crippen molar-refractivity contribution in [2.45, 2.75) is 26.2 Å². The number of nitriles is 1. The number of phosphoric acid groups is 1. The second-order valence-electron chi connectivity index (χ2n) is 2.19. The number of nitrogens with zero attached hydrogens (tertiary/aromatic N) is 1. The van der Waals surface area contributed by atoms with Crippen molar-refractivity contribution in [1.82, 2.24) is 0 Å². The molecule has 0 aliphatic rings. The van der Waals surface area contributed by atoms with E-state index in [4.69, 9.17) is 10.2 Å². The van der Waals surface area contributed by atoms with Gasteiger partial charge in [0.05, 0.1) is 6.61 Å². The van der Waals surface area contributed by atoms with E-state index in [2.05, 4.69) is 9.05 Å². The highest BCUT2D eigenvalue weighted by atomic mass is 31.2. The molecule has 0 bridgehead atoms. The van der Waals surface area contributed by atoms with Gasteiger partial charge >= 0.3 is 7.82 Å². The maximum absolute atomic E-state index is 10.7. The molecule has 1 atom stereocenters. The fourth-order valence-corrected chi connectivity index (χ4v) is 1.13. The normalized spacial score (nSPS) is 14.8. The summed E-state index contributed by atoms with van der Waals surface area (Å²) in [4.78, 5) is 8.70. The Morgan fingerprint density at radius 1 is 1.58 bits per heavy atom. The molecular formula is C6H12NO4P. The minimum atomic E-state index is -4.09. The van der Waals surface area contributed by atoms with E-state index in [1.165, 1.54) is 0 Å². The minimum absolute atomic E-state index is 0.142. The zero-order valence-electron chi connectivity index (χ0n) is 6.89. The van der Waals surface area contributed by atoms with Gasteiger partial charge in [-0.2, -0.15) is 0 Å². The predicted molar refractivity (Wildman–Crippen MR) is 42.0 cm³/mol. The molecule has 0 heterocycles. The van der Waals surface area contributed by atoms with Crippen LogP contribution in [0.15, 0.2) is 0 Å². The lowest BCUT2D eigenvalue weighted by Crippen LogP contribution is -1.93. The summed E-state index contributed by atoms with van der Waals surface area (Å²) in [6, 6.07) is 0. The van der Waals surface area contributed by atoms with Crippen LogP contribution in [-0.2, 0) is 13.6 Å². The summed E-state index contributed by atoms with van der Waals surface area (Å²) in [6.07, 6.45) is 3.72. The Balaban J connectivity index is 3.49. The van der Waals surface area contributed by atoms with E-state index in [1.807, 2.05) is 6.92 Å². The third kappa shape index (κ3) is 6.17. The van der Waals surface area contributed by atoms with Gasteiger partial charge in [-0.05, 0) is 6.42 Å². The van der Waals surface area contributed by atoms with Crippen molar-refractivity contribution in [3.05, 3.63) is 0 Å². The average molecular weight is 193 g/mol. The van der Waals surface area contributed by atoms with Crippen LogP contribution in [-0.4, -0.2) is 11.5 Å². The molecule has 0 aromatic heterocycles. The summed E-state index contributed by atoms with van der Waals surface area (Å²) in [6.45, 7) is 2.15. The van der Waals surface area contributed by atoms with Gasteiger partial charge in [-0.25, -0.2) is 4.57 Å². The van der Waals surface area contributed by atoms with Gasteiger partial charge in [0, 0.05) is 0 Å². The van der Waals surface area contributed by atoms with E-state index >= 15 is 0 Å². The SMILES string of the molecule is CCCCCOP(=O)(O)OC#N. The molecule has 70 valence electrons. The molecule has 0 aliphatic heterocycles. The smallest absolute Gasteiger partial charge is 0.328 e. The number of phosphoric ester groups is 1. The molecule has 1 unspecified atom stereocenters. The van der Waals surface area contributed by atoms with Crippen molar-refractivity contribution in [1.29, 1.82) is 5.26 Å². The highest BCUT2D eigenvalue weighted by molar-refractivity contribution is 7.47.